The molecule has 0 aliphatic carbocycles. The van der Waals surface area contributed by atoms with Crippen LogP contribution in [0.5, 0.6) is 5.75 Å². The van der Waals surface area contributed by atoms with Crippen molar-refractivity contribution in [1.82, 2.24) is 14.8 Å². The quantitative estimate of drug-likeness (QED) is 0.658. The zero-order chi connectivity index (χ0) is 16.8. The minimum absolute atomic E-state index is 0.501. The molecule has 24 heavy (non-hydrogen) atoms. The highest BCUT2D eigenvalue weighted by atomic mass is 35.5. The fourth-order valence-electron chi connectivity index (χ4n) is 2.24. The summed E-state index contributed by atoms with van der Waals surface area (Å²) in [4.78, 5) is 3.98. The summed E-state index contributed by atoms with van der Waals surface area (Å²) in [5.41, 5.74) is 2.91. The maximum atomic E-state index is 6.12. The lowest BCUT2D eigenvalue weighted by Crippen LogP contribution is -2.05. The molecule has 0 amide bonds. The van der Waals surface area contributed by atoms with Crippen molar-refractivity contribution in [3.05, 3.63) is 78.4 Å². The number of ether oxygens (including phenoxy) is 1. The number of benzene rings is 2. The van der Waals surface area contributed by atoms with Crippen molar-refractivity contribution in [1.29, 1.82) is 0 Å². The second kappa shape index (κ2) is 7.66. The summed E-state index contributed by atoms with van der Waals surface area (Å²) in [6.45, 7) is 4.79. The van der Waals surface area contributed by atoms with Crippen molar-refractivity contribution in [2.45, 2.75) is 6.54 Å². The average Bonchev–Trinajstić information content (AvgIpc) is 3.13. The Kier molecular flexibility index (Phi) is 5.13. The van der Waals surface area contributed by atoms with E-state index in [9.17, 15) is 0 Å². The van der Waals surface area contributed by atoms with Crippen LogP contribution in [0.3, 0.4) is 0 Å². The Bertz CT molecular complexity index is 800. The van der Waals surface area contributed by atoms with Crippen molar-refractivity contribution in [2.75, 3.05) is 11.9 Å². The van der Waals surface area contributed by atoms with Crippen LogP contribution in [0, 0.1) is 0 Å². The number of rotatable bonds is 7. The molecule has 0 unspecified atom stereocenters. The molecule has 1 N–H and O–H groups in total. The van der Waals surface area contributed by atoms with Crippen LogP contribution in [-0.2, 0) is 6.54 Å². The fraction of sp³-hybridized carbons (Fsp3) is 0.111. The first kappa shape index (κ1) is 16.1. The molecule has 0 radical (unpaired) electrons. The van der Waals surface area contributed by atoms with Gasteiger partial charge in [0.2, 0.25) is 0 Å². The maximum absolute atomic E-state index is 6.12. The molecule has 3 rings (SSSR count). The third kappa shape index (κ3) is 3.94. The van der Waals surface area contributed by atoms with Gasteiger partial charge in [-0.05, 0) is 35.9 Å². The van der Waals surface area contributed by atoms with E-state index in [0.29, 0.717) is 18.2 Å². The van der Waals surface area contributed by atoms with Gasteiger partial charge in [-0.1, -0.05) is 36.4 Å². The van der Waals surface area contributed by atoms with Crippen LogP contribution in [-0.4, -0.2) is 21.4 Å². The molecular formula is C18H17ClN4O. The van der Waals surface area contributed by atoms with E-state index in [4.69, 9.17) is 16.3 Å². The third-order valence-electron chi connectivity index (χ3n) is 3.40. The molecule has 1 aromatic heterocycles. The van der Waals surface area contributed by atoms with E-state index in [-0.39, 0.29) is 0 Å². The second-order valence-corrected chi connectivity index (χ2v) is 5.54. The lowest BCUT2D eigenvalue weighted by Gasteiger charge is -2.13. The molecule has 5 nitrogen and oxygen atoms in total. The summed E-state index contributed by atoms with van der Waals surface area (Å²) in [6, 6.07) is 13.5. The molecule has 0 bridgehead atoms. The van der Waals surface area contributed by atoms with E-state index < -0.39 is 0 Å². The van der Waals surface area contributed by atoms with Crippen molar-refractivity contribution in [3.63, 3.8) is 0 Å². The molecule has 0 saturated heterocycles. The van der Waals surface area contributed by atoms with Crippen molar-refractivity contribution < 1.29 is 4.74 Å². The molecule has 6 heteroatoms. The molecule has 0 aliphatic heterocycles. The van der Waals surface area contributed by atoms with Crippen LogP contribution in [0.4, 0.5) is 5.69 Å². The Morgan fingerprint density at radius 1 is 1.21 bits per heavy atom. The highest BCUT2D eigenvalue weighted by molar-refractivity contribution is 6.31. The first-order chi connectivity index (χ1) is 11.8. The molecule has 2 aromatic carbocycles. The SMILES string of the molecule is C=CCOc1ccc(CNc2cc(Cl)ccc2-n2cncn2)cc1. The van der Waals surface area contributed by atoms with Crippen molar-refractivity contribution in [3.8, 4) is 11.4 Å². The molecule has 122 valence electrons. The number of nitrogens with zero attached hydrogens (tertiary/aromatic N) is 3. The summed E-state index contributed by atoms with van der Waals surface area (Å²) in [6.07, 6.45) is 4.88. The molecule has 0 spiro atoms. The smallest absolute Gasteiger partial charge is 0.138 e. The van der Waals surface area contributed by atoms with Crippen molar-refractivity contribution >= 4 is 17.3 Å². The zero-order valence-corrected chi connectivity index (χ0v) is 13.8. The Balaban J connectivity index is 1.72. The molecular weight excluding hydrogens is 324 g/mol. The van der Waals surface area contributed by atoms with Crippen LogP contribution >= 0.6 is 11.6 Å². The van der Waals surface area contributed by atoms with Gasteiger partial charge < -0.3 is 10.1 Å². The Morgan fingerprint density at radius 2 is 2.04 bits per heavy atom. The molecule has 0 aliphatic rings. The second-order valence-electron chi connectivity index (χ2n) is 5.10. The van der Waals surface area contributed by atoms with E-state index in [2.05, 4.69) is 22.0 Å². The van der Waals surface area contributed by atoms with Crippen molar-refractivity contribution in [2.24, 2.45) is 0 Å². The average molecular weight is 341 g/mol. The number of halogens is 1. The van der Waals surface area contributed by atoms with Gasteiger partial charge in [-0.15, -0.1) is 0 Å². The minimum Gasteiger partial charge on any atom is -0.490 e. The summed E-state index contributed by atoms with van der Waals surface area (Å²) in [5.74, 6) is 0.824. The summed E-state index contributed by atoms with van der Waals surface area (Å²) in [5, 5.41) is 8.22. The predicted octanol–water partition coefficient (Wildman–Crippen LogP) is 4.10. The molecule has 1 heterocycles. The number of hydrogen-bond acceptors (Lipinski definition) is 4. The topological polar surface area (TPSA) is 52.0 Å². The summed E-state index contributed by atoms with van der Waals surface area (Å²) < 4.78 is 7.18. The van der Waals surface area contributed by atoms with Crippen LogP contribution in [0.25, 0.3) is 5.69 Å². The lowest BCUT2D eigenvalue weighted by atomic mass is 10.2. The monoisotopic (exact) mass is 340 g/mol. The van der Waals surface area contributed by atoms with E-state index in [0.717, 1.165) is 22.7 Å². The van der Waals surface area contributed by atoms with E-state index in [1.54, 1.807) is 17.1 Å². The van der Waals surface area contributed by atoms with Crippen LogP contribution in [0.1, 0.15) is 5.56 Å². The number of nitrogens with one attached hydrogen (secondary N) is 1. The largest absolute Gasteiger partial charge is 0.490 e. The number of aromatic nitrogens is 3. The lowest BCUT2D eigenvalue weighted by molar-refractivity contribution is 0.363. The Morgan fingerprint density at radius 3 is 2.75 bits per heavy atom. The first-order valence-electron chi connectivity index (χ1n) is 7.47. The molecule has 0 fully saturated rings. The third-order valence-corrected chi connectivity index (χ3v) is 3.63. The van der Waals surface area contributed by atoms with E-state index in [1.165, 1.54) is 6.33 Å². The maximum Gasteiger partial charge on any atom is 0.138 e. The molecule has 0 saturated carbocycles. The van der Waals surface area contributed by atoms with E-state index >= 15 is 0 Å². The highest BCUT2D eigenvalue weighted by Crippen LogP contribution is 2.24. The van der Waals surface area contributed by atoms with Gasteiger partial charge in [-0.2, -0.15) is 5.10 Å². The summed E-state index contributed by atoms with van der Waals surface area (Å²) in [7, 11) is 0. The number of hydrogen-bond donors (Lipinski definition) is 1. The van der Waals surface area contributed by atoms with E-state index in [1.807, 2.05) is 42.5 Å². The highest BCUT2D eigenvalue weighted by Gasteiger charge is 2.06. The Labute approximate surface area is 145 Å². The standard InChI is InChI=1S/C18H17ClN4O/c1-2-9-24-16-6-3-14(4-7-16)11-21-17-10-15(19)5-8-18(17)23-13-20-12-22-23/h2-8,10,12-13,21H,1,9,11H2. The Hall–Kier alpha value is -2.79. The zero-order valence-electron chi connectivity index (χ0n) is 13.0. The summed E-state index contributed by atoms with van der Waals surface area (Å²) >= 11 is 6.12. The van der Waals surface area contributed by atoms with Crippen LogP contribution in [0.15, 0.2) is 67.8 Å². The predicted molar refractivity (Wildman–Crippen MR) is 95.8 cm³/mol. The fourth-order valence-corrected chi connectivity index (χ4v) is 2.41. The van der Waals surface area contributed by atoms with Gasteiger partial charge in [0, 0.05) is 11.6 Å². The first-order valence-corrected chi connectivity index (χ1v) is 7.85. The van der Waals surface area contributed by atoms with Gasteiger partial charge in [0.25, 0.3) is 0 Å². The molecule has 3 aromatic rings. The van der Waals surface area contributed by atoms with Gasteiger partial charge in [-0.3, -0.25) is 0 Å². The minimum atomic E-state index is 0.501. The van der Waals surface area contributed by atoms with Crippen LogP contribution in [0.2, 0.25) is 5.02 Å². The van der Waals surface area contributed by atoms with Gasteiger partial charge >= 0.3 is 0 Å². The van der Waals surface area contributed by atoms with Gasteiger partial charge in [-0.25, -0.2) is 9.67 Å². The molecule has 0 atom stereocenters. The van der Waals surface area contributed by atoms with Crippen LogP contribution < -0.4 is 10.1 Å². The van der Waals surface area contributed by atoms with Gasteiger partial charge in [0.1, 0.15) is 25.0 Å². The number of anilines is 1. The van der Waals surface area contributed by atoms with Gasteiger partial charge in [0.15, 0.2) is 0 Å². The normalized spacial score (nSPS) is 10.4. The van der Waals surface area contributed by atoms with Gasteiger partial charge in [0.05, 0.1) is 11.4 Å².